The Labute approximate surface area is 97.6 Å². The zero-order chi connectivity index (χ0) is 12.3. The number of carbonyl (C=O) groups excluding carboxylic acids is 1. The predicted octanol–water partition coefficient (Wildman–Crippen LogP) is 1.06. The lowest BCUT2D eigenvalue weighted by Gasteiger charge is -2.04. The van der Waals surface area contributed by atoms with Crippen molar-refractivity contribution in [3.63, 3.8) is 0 Å². The van der Waals surface area contributed by atoms with E-state index in [0.717, 1.165) is 5.39 Å². The average molecular weight is 233 g/mol. The largest absolute Gasteiger partial charge is 0.349 e. The van der Waals surface area contributed by atoms with Gasteiger partial charge in [-0.05, 0) is 18.2 Å². The number of carbonyl (C=O) groups is 1. The molecule has 0 atom stereocenters. The summed E-state index contributed by atoms with van der Waals surface area (Å²) in [6, 6.07) is 7.62. The normalized spacial score (nSPS) is 10.5. The molecule has 1 heterocycles. The average Bonchev–Trinajstić information content (AvgIpc) is 2.35. The van der Waals surface area contributed by atoms with E-state index in [-0.39, 0.29) is 17.4 Å². The molecule has 0 spiro atoms. The number of halogens is 1. The minimum atomic E-state index is -0.371. The lowest BCUT2D eigenvalue weighted by molar-refractivity contribution is 0.0950. The van der Waals surface area contributed by atoms with Crippen molar-refractivity contribution in [3.8, 4) is 0 Å². The van der Waals surface area contributed by atoms with E-state index < -0.39 is 0 Å². The quantitative estimate of drug-likeness (QED) is 0.833. The Morgan fingerprint density at radius 3 is 2.88 bits per heavy atom. The van der Waals surface area contributed by atoms with Crippen LogP contribution in [0, 0.1) is 5.82 Å². The first-order valence-electron chi connectivity index (χ1n) is 5.25. The summed E-state index contributed by atoms with van der Waals surface area (Å²) in [5.41, 5.74) is 6.00. The van der Waals surface area contributed by atoms with Crippen LogP contribution in [0.2, 0.25) is 0 Å². The number of fused-ring (bicyclic) bond motifs is 1. The molecule has 1 aromatic carbocycles. The van der Waals surface area contributed by atoms with E-state index in [1.54, 1.807) is 18.2 Å². The van der Waals surface area contributed by atoms with Gasteiger partial charge in [-0.25, -0.2) is 9.37 Å². The fourth-order valence-electron chi connectivity index (χ4n) is 1.49. The number of nitrogens with zero attached hydrogens (tertiary/aromatic N) is 1. The first-order chi connectivity index (χ1) is 8.20. The number of nitrogens with two attached hydrogens (primary N) is 1. The van der Waals surface area contributed by atoms with Crippen molar-refractivity contribution >= 4 is 16.8 Å². The van der Waals surface area contributed by atoms with Crippen molar-refractivity contribution in [2.45, 2.75) is 0 Å². The fraction of sp³-hybridized carbons (Fsp3) is 0.167. The van der Waals surface area contributed by atoms with Gasteiger partial charge in [0.15, 0.2) is 0 Å². The number of aromatic nitrogens is 1. The van der Waals surface area contributed by atoms with Gasteiger partial charge in [-0.3, -0.25) is 4.79 Å². The van der Waals surface area contributed by atoms with Gasteiger partial charge in [-0.1, -0.05) is 6.07 Å². The third kappa shape index (κ3) is 2.57. The van der Waals surface area contributed by atoms with E-state index in [0.29, 0.717) is 18.6 Å². The minimum Gasteiger partial charge on any atom is -0.349 e. The number of benzene rings is 1. The lowest BCUT2D eigenvalue weighted by Crippen LogP contribution is -2.29. The van der Waals surface area contributed by atoms with E-state index in [4.69, 9.17) is 5.73 Å². The van der Waals surface area contributed by atoms with Gasteiger partial charge >= 0.3 is 0 Å². The zero-order valence-electron chi connectivity index (χ0n) is 9.11. The second-order valence-corrected chi connectivity index (χ2v) is 3.58. The maximum Gasteiger partial charge on any atom is 0.269 e. The van der Waals surface area contributed by atoms with Crippen molar-refractivity contribution in [2.75, 3.05) is 13.1 Å². The van der Waals surface area contributed by atoms with Crippen LogP contribution in [0.4, 0.5) is 4.39 Å². The Bertz CT molecular complexity index is 556. The Morgan fingerprint density at radius 1 is 1.35 bits per heavy atom. The van der Waals surface area contributed by atoms with Crippen molar-refractivity contribution < 1.29 is 9.18 Å². The van der Waals surface area contributed by atoms with Gasteiger partial charge in [0.25, 0.3) is 5.91 Å². The SMILES string of the molecule is NCCNC(=O)c1ccc2ccc(F)cc2n1. The van der Waals surface area contributed by atoms with Gasteiger partial charge in [-0.2, -0.15) is 0 Å². The summed E-state index contributed by atoms with van der Waals surface area (Å²) in [5, 5.41) is 3.40. The van der Waals surface area contributed by atoms with Crippen LogP contribution < -0.4 is 11.1 Å². The molecule has 0 aliphatic rings. The second-order valence-electron chi connectivity index (χ2n) is 3.58. The van der Waals surface area contributed by atoms with Crippen molar-refractivity contribution in [1.82, 2.24) is 10.3 Å². The van der Waals surface area contributed by atoms with Gasteiger partial charge in [0.1, 0.15) is 11.5 Å². The third-order valence-corrected chi connectivity index (χ3v) is 2.32. The number of nitrogens with one attached hydrogen (secondary N) is 1. The van der Waals surface area contributed by atoms with Gasteiger partial charge in [0.05, 0.1) is 5.52 Å². The summed E-state index contributed by atoms with van der Waals surface area (Å²) in [6.45, 7) is 0.760. The Hall–Kier alpha value is -2.01. The molecule has 0 bridgehead atoms. The van der Waals surface area contributed by atoms with Crippen LogP contribution in [0.15, 0.2) is 30.3 Å². The van der Waals surface area contributed by atoms with Crippen LogP contribution in [0.5, 0.6) is 0 Å². The highest BCUT2D eigenvalue weighted by atomic mass is 19.1. The van der Waals surface area contributed by atoms with Crippen LogP contribution in [0.1, 0.15) is 10.5 Å². The molecule has 0 aliphatic heterocycles. The molecule has 0 unspecified atom stereocenters. The van der Waals surface area contributed by atoms with Crippen molar-refractivity contribution in [3.05, 3.63) is 41.8 Å². The molecule has 0 radical (unpaired) electrons. The van der Waals surface area contributed by atoms with Gasteiger partial charge < -0.3 is 11.1 Å². The molecule has 0 saturated carbocycles. The van der Waals surface area contributed by atoms with E-state index in [2.05, 4.69) is 10.3 Å². The summed E-state index contributed by atoms with van der Waals surface area (Å²) in [4.78, 5) is 15.7. The van der Waals surface area contributed by atoms with Crippen LogP contribution in [0.3, 0.4) is 0 Å². The minimum absolute atomic E-state index is 0.261. The second kappa shape index (κ2) is 4.88. The van der Waals surface area contributed by atoms with E-state index in [1.165, 1.54) is 12.1 Å². The summed E-state index contributed by atoms with van der Waals surface area (Å²) >= 11 is 0. The van der Waals surface area contributed by atoms with Gasteiger partial charge in [-0.15, -0.1) is 0 Å². The predicted molar refractivity (Wildman–Crippen MR) is 63.1 cm³/mol. The summed E-state index contributed by atoms with van der Waals surface area (Å²) in [5.74, 6) is -0.675. The van der Waals surface area contributed by atoms with Gasteiger partial charge in [0.2, 0.25) is 0 Å². The van der Waals surface area contributed by atoms with E-state index >= 15 is 0 Å². The molecule has 0 aliphatic carbocycles. The molecule has 2 rings (SSSR count). The third-order valence-electron chi connectivity index (χ3n) is 2.32. The monoisotopic (exact) mass is 233 g/mol. The first kappa shape index (κ1) is 11.5. The number of hydrogen-bond acceptors (Lipinski definition) is 3. The summed E-state index contributed by atoms with van der Waals surface area (Å²) in [6.07, 6.45) is 0. The zero-order valence-corrected chi connectivity index (χ0v) is 9.11. The van der Waals surface area contributed by atoms with Crippen LogP contribution in [-0.2, 0) is 0 Å². The molecular weight excluding hydrogens is 221 g/mol. The highest BCUT2D eigenvalue weighted by Crippen LogP contribution is 2.13. The standard InChI is InChI=1S/C12H12FN3O/c13-9-3-1-8-2-4-10(16-11(8)7-9)12(17)15-6-5-14/h1-4,7H,5-6,14H2,(H,15,17). The topological polar surface area (TPSA) is 68.0 Å². The maximum absolute atomic E-state index is 13.0. The van der Waals surface area contributed by atoms with Crippen molar-refractivity contribution in [1.29, 1.82) is 0 Å². The summed E-state index contributed by atoms with van der Waals surface area (Å²) in [7, 11) is 0. The van der Waals surface area contributed by atoms with E-state index in [9.17, 15) is 9.18 Å². The Morgan fingerprint density at radius 2 is 2.12 bits per heavy atom. The van der Waals surface area contributed by atoms with Crippen LogP contribution in [-0.4, -0.2) is 24.0 Å². The van der Waals surface area contributed by atoms with E-state index in [1.807, 2.05) is 0 Å². The molecule has 88 valence electrons. The molecule has 0 saturated heterocycles. The Balaban J connectivity index is 2.33. The van der Waals surface area contributed by atoms with Crippen LogP contribution in [0.25, 0.3) is 10.9 Å². The summed E-state index contributed by atoms with van der Waals surface area (Å²) < 4.78 is 13.0. The number of pyridine rings is 1. The molecule has 5 heteroatoms. The van der Waals surface area contributed by atoms with Crippen LogP contribution >= 0.6 is 0 Å². The molecule has 3 N–H and O–H groups in total. The molecule has 0 fully saturated rings. The highest BCUT2D eigenvalue weighted by Gasteiger charge is 2.07. The molecule has 1 amide bonds. The molecular formula is C12H12FN3O. The number of amides is 1. The first-order valence-corrected chi connectivity index (χ1v) is 5.25. The molecule has 1 aromatic heterocycles. The number of hydrogen-bond donors (Lipinski definition) is 2. The fourth-order valence-corrected chi connectivity index (χ4v) is 1.49. The van der Waals surface area contributed by atoms with Crippen molar-refractivity contribution in [2.24, 2.45) is 5.73 Å². The highest BCUT2D eigenvalue weighted by molar-refractivity contribution is 5.94. The lowest BCUT2D eigenvalue weighted by atomic mass is 10.2. The van der Waals surface area contributed by atoms with Gasteiger partial charge in [0, 0.05) is 24.5 Å². The molecule has 4 nitrogen and oxygen atoms in total. The smallest absolute Gasteiger partial charge is 0.269 e. The molecule has 17 heavy (non-hydrogen) atoms. The Kier molecular flexibility index (Phi) is 3.30. The molecule has 2 aromatic rings. The maximum atomic E-state index is 13.0. The number of rotatable bonds is 3.